The third kappa shape index (κ3) is 6.84. The molecule has 0 aliphatic carbocycles. The highest BCUT2D eigenvalue weighted by atomic mass is 16.7. The summed E-state index contributed by atoms with van der Waals surface area (Å²) in [5.41, 5.74) is 0. The van der Waals surface area contributed by atoms with Gasteiger partial charge in [-0.05, 0) is 0 Å². The molecule has 0 aliphatic rings. The molecule has 0 amide bonds. The Morgan fingerprint density at radius 3 is 2.31 bits per heavy atom. The first-order valence-corrected chi connectivity index (χ1v) is 3.78. The fourth-order valence-electron chi connectivity index (χ4n) is 0.622. The van der Waals surface area contributed by atoms with Crippen LogP contribution in [0.3, 0.4) is 0 Å². The fourth-order valence-corrected chi connectivity index (χ4v) is 0.622. The van der Waals surface area contributed by atoms with Crippen molar-refractivity contribution in [2.24, 2.45) is 11.8 Å². The average molecular weight is 196 g/mol. The lowest BCUT2D eigenvalue weighted by Crippen LogP contribution is -2.31. The molecule has 0 spiro atoms. The van der Waals surface area contributed by atoms with Crippen molar-refractivity contribution < 1.29 is 24.6 Å². The van der Waals surface area contributed by atoms with E-state index in [9.17, 15) is 0 Å². The quantitative estimate of drug-likeness (QED) is 0.317. The summed E-state index contributed by atoms with van der Waals surface area (Å²) >= 11 is 0. The number of ether oxygens (including phenoxy) is 1. The third-order valence-electron chi connectivity index (χ3n) is 1.30. The Morgan fingerprint density at radius 2 is 1.85 bits per heavy atom. The summed E-state index contributed by atoms with van der Waals surface area (Å²) < 4.78 is 4.94. The molecule has 0 fully saturated rings. The molecule has 0 aromatic heterocycles. The molecular weight excluding hydrogens is 180 g/mol. The van der Waals surface area contributed by atoms with Crippen molar-refractivity contribution in [2.45, 2.75) is 12.2 Å². The standard InChI is InChI=1S/C6H16N2O5/c7-12-4-6(13-8)3-11-2-5(10)1-9/h5-6,9-10H,1-4,7-8H2. The smallest absolute Gasteiger partial charge is 0.127 e. The van der Waals surface area contributed by atoms with Crippen molar-refractivity contribution in [1.82, 2.24) is 0 Å². The number of rotatable bonds is 8. The second kappa shape index (κ2) is 8.32. The first-order chi connectivity index (χ1) is 6.24. The second-order valence-electron chi connectivity index (χ2n) is 2.47. The van der Waals surface area contributed by atoms with Crippen molar-refractivity contribution in [3.8, 4) is 0 Å². The van der Waals surface area contributed by atoms with E-state index >= 15 is 0 Å². The largest absolute Gasteiger partial charge is 0.394 e. The lowest BCUT2D eigenvalue weighted by molar-refractivity contribution is -0.0782. The molecule has 7 nitrogen and oxygen atoms in total. The van der Waals surface area contributed by atoms with E-state index < -0.39 is 12.2 Å². The summed E-state index contributed by atoms with van der Waals surface area (Å²) in [5.74, 6) is 9.66. The van der Waals surface area contributed by atoms with Crippen LogP contribution in [-0.2, 0) is 14.4 Å². The Balaban J connectivity index is 3.37. The summed E-state index contributed by atoms with van der Waals surface area (Å²) in [4.78, 5) is 8.71. The van der Waals surface area contributed by atoms with Crippen LogP contribution in [0.1, 0.15) is 0 Å². The fraction of sp³-hybridized carbons (Fsp3) is 1.00. The Labute approximate surface area is 76.1 Å². The van der Waals surface area contributed by atoms with Gasteiger partial charge < -0.3 is 19.8 Å². The van der Waals surface area contributed by atoms with Crippen molar-refractivity contribution in [2.75, 3.05) is 26.4 Å². The Kier molecular flexibility index (Phi) is 8.14. The zero-order chi connectivity index (χ0) is 10.1. The van der Waals surface area contributed by atoms with Gasteiger partial charge in [-0.2, -0.15) is 0 Å². The highest BCUT2D eigenvalue weighted by Crippen LogP contribution is 1.91. The molecule has 0 bridgehead atoms. The highest BCUT2D eigenvalue weighted by molar-refractivity contribution is 4.55. The molecule has 0 rings (SSSR count). The van der Waals surface area contributed by atoms with Crippen molar-refractivity contribution in [3.05, 3.63) is 0 Å². The van der Waals surface area contributed by atoms with E-state index in [2.05, 4.69) is 9.68 Å². The summed E-state index contributed by atoms with van der Waals surface area (Å²) in [6.45, 7) is -0.0844. The molecule has 6 N–H and O–H groups in total. The maximum Gasteiger partial charge on any atom is 0.127 e. The molecule has 2 unspecified atom stereocenters. The maximum atomic E-state index is 8.87. The van der Waals surface area contributed by atoms with E-state index in [-0.39, 0.29) is 26.4 Å². The van der Waals surface area contributed by atoms with Crippen LogP contribution in [0, 0.1) is 0 Å². The minimum atomic E-state index is -0.891. The Bertz CT molecular complexity index is 115. The van der Waals surface area contributed by atoms with E-state index in [0.717, 1.165) is 0 Å². The van der Waals surface area contributed by atoms with Crippen molar-refractivity contribution >= 4 is 0 Å². The number of nitrogens with two attached hydrogens (primary N) is 2. The predicted octanol–water partition coefficient (Wildman–Crippen LogP) is -2.49. The van der Waals surface area contributed by atoms with E-state index in [4.69, 9.17) is 26.7 Å². The Morgan fingerprint density at radius 1 is 1.15 bits per heavy atom. The first kappa shape index (κ1) is 12.7. The zero-order valence-electron chi connectivity index (χ0n) is 7.26. The van der Waals surface area contributed by atoms with Crippen LogP contribution in [0.2, 0.25) is 0 Å². The topological polar surface area (TPSA) is 120 Å². The third-order valence-corrected chi connectivity index (χ3v) is 1.30. The van der Waals surface area contributed by atoms with Crippen LogP contribution in [-0.4, -0.2) is 48.8 Å². The second-order valence-corrected chi connectivity index (χ2v) is 2.47. The molecule has 0 aliphatic heterocycles. The molecule has 13 heavy (non-hydrogen) atoms. The van der Waals surface area contributed by atoms with Gasteiger partial charge in [0.25, 0.3) is 0 Å². The number of aliphatic hydroxyl groups is 2. The molecule has 7 heteroatoms. The predicted molar refractivity (Wildman–Crippen MR) is 43.1 cm³/mol. The highest BCUT2D eigenvalue weighted by Gasteiger charge is 2.09. The van der Waals surface area contributed by atoms with Gasteiger partial charge in [-0.1, -0.05) is 0 Å². The van der Waals surface area contributed by atoms with E-state index in [0.29, 0.717) is 0 Å². The molecule has 0 saturated carbocycles. The van der Waals surface area contributed by atoms with Crippen LogP contribution < -0.4 is 11.8 Å². The van der Waals surface area contributed by atoms with Gasteiger partial charge in [0, 0.05) is 0 Å². The summed E-state index contributed by atoms with van der Waals surface area (Å²) in [7, 11) is 0. The van der Waals surface area contributed by atoms with Gasteiger partial charge in [-0.25, -0.2) is 11.8 Å². The molecule has 0 radical (unpaired) electrons. The van der Waals surface area contributed by atoms with Crippen LogP contribution >= 0.6 is 0 Å². The van der Waals surface area contributed by atoms with Gasteiger partial charge in [-0.3, -0.25) is 4.84 Å². The number of hydrogen-bond donors (Lipinski definition) is 4. The van der Waals surface area contributed by atoms with E-state index in [1.54, 1.807) is 0 Å². The van der Waals surface area contributed by atoms with Crippen LogP contribution in [0.5, 0.6) is 0 Å². The molecule has 2 atom stereocenters. The van der Waals surface area contributed by atoms with E-state index in [1.165, 1.54) is 0 Å². The van der Waals surface area contributed by atoms with Crippen LogP contribution in [0.4, 0.5) is 0 Å². The Hall–Kier alpha value is -0.280. The van der Waals surface area contributed by atoms with Gasteiger partial charge in [0.05, 0.1) is 26.4 Å². The van der Waals surface area contributed by atoms with Gasteiger partial charge in [0.15, 0.2) is 0 Å². The van der Waals surface area contributed by atoms with Crippen LogP contribution in [0.25, 0.3) is 0 Å². The van der Waals surface area contributed by atoms with Gasteiger partial charge in [0.1, 0.15) is 12.2 Å². The summed E-state index contributed by atoms with van der Waals surface area (Å²) in [6.07, 6.45) is -1.37. The SMILES string of the molecule is NOCC(COCC(O)CO)ON. The monoisotopic (exact) mass is 196 g/mol. The maximum absolute atomic E-state index is 8.87. The number of hydrogen-bond acceptors (Lipinski definition) is 7. The lowest BCUT2D eigenvalue weighted by Gasteiger charge is -2.14. The van der Waals surface area contributed by atoms with Gasteiger partial charge in [-0.15, -0.1) is 0 Å². The van der Waals surface area contributed by atoms with Gasteiger partial charge in [0.2, 0.25) is 0 Å². The van der Waals surface area contributed by atoms with Gasteiger partial charge >= 0.3 is 0 Å². The van der Waals surface area contributed by atoms with Crippen molar-refractivity contribution in [3.63, 3.8) is 0 Å². The molecular formula is C6H16N2O5. The van der Waals surface area contributed by atoms with E-state index in [1.807, 2.05) is 0 Å². The average Bonchev–Trinajstić information content (AvgIpc) is 2.16. The molecule has 0 saturated heterocycles. The van der Waals surface area contributed by atoms with Crippen LogP contribution in [0.15, 0.2) is 0 Å². The first-order valence-electron chi connectivity index (χ1n) is 3.78. The number of aliphatic hydroxyl groups excluding tert-OH is 2. The molecule has 0 heterocycles. The van der Waals surface area contributed by atoms with Crippen molar-refractivity contribution in [1.29, 1.82) is 0 Å². The molecule has 0 aromatic rings. The normalized spacial score (nSPS) is 15.7. The summed E-state index contributed by atoms with van der Waals surface area (Å²) in [6, 6.07) is 0. The summed E-state index contributed by atoms with van der Waals surface area (Å²) in [5, 5.41) is 17.3. The molecule has 0 aromatic carbocycles. The minimum absolute atomic E-state index is 0.0148. The zero-order valence-corrected chi connectivity index (χ0v) is 7.26. The molecule has 80 valence electrons. The minimum Gasteiger partial charge on any atom is -0.394 e. The lowest BCUT2D eigenvalue weighted by atomic mass is 10.4.